The number of carbonyl (C=O) groups is 1. The van der Waals surface area contributed by atoms with Crippen LogP contribution in [0.25, 0.3) is 0 Å². The molecule has 1 N–H and O–H groups in total. The van der Waals surface area contributed by atoms with E-state index in [0.29, 0.717) is 42.8 Å². The van der Waals surface area contributed by atoms with Crippen LogP contribution < -0.4 is 5.32 Å². The number of halogens is 1. The molecule has 1 saturated carbocycles. The normalized spacial score (nSPS) is 19.5. The highest BCUT2D eigenvalue weighted by atomic mass is 35.5. The van der Waals surface area contributed by atoms with E-state index >= 15 is 0 Å². The molecule has 1 aromatic heterocycles. The van der Waals surface area contributed by atoms with E-state index in [1.54, 1.807) is 12.1 Å². The van der Waals surface area contributed by atoms with E-state index in [9.17, 15) is 13.2 Å². The molecule has 1 saturated heterocycles. The highest BCUT2D eigenvalue weighted by Gasteiger charge is 2.35. The van der Waals surface area contributed by atoms with Gasteiger partial charge in [0.15, 0.2) is 5.82 Å². The van der Waals surface area contributed by atoms with Crippen molar-refractivity contribution >= 4 is 27.5 Å². The Balaban J connectivity index is 1.37. The summed E-state index contributed by atoms with van der Waals surface area (Å²) in [5.74, 6) is 1.26. The minimum atomic E-state index is -3.60. The number of sulfonamides is 1. The van der Waals surface area contributed by atoms with E-state index in [0.717, 1.165) is 18.7 Å². The van der Waals surface area contributed by atoms with Gasteiger partial charge >= 0.3 is 0 Å². The van der Waals surface area contributed by atoms with E-state index in [1.807, 2.05) is 13.8 Å². The molecule has 1 aromatic carbocycles. The summed E-state index contributed by atoms with van der Waals surface area (Å²) in [6.45, 7) is 4.57. The molecule has 1 aliphatic carbocycles. The maximum absolute atomic E-state index is 12.9. The summed E-state index contributed by atoms with van der Waals surface area (Å²) < 4.78 is 32.5. The predicted octanol–water partition coefficient (Wildman–Crippen LogP) is 3.51. The first-order valence-electron chi connectivity index (χ1n) is 10.7. The van der Waals surface area contributed by atoms with Gasteiger partial charge in [-0.25, -0.2) is 8.42 Å². The van der Waals surface area contributed by atoms with Crippen LogP contribution in [0.5, 0.6) is 0 Å². The molecule has 8 nitrogen and oxygen atoms in total. The van der Waals surface area contributed by atoms with E-state index in [2.05, 4.69) is 15.5 Å². The minimum Gasteiger partial charge on any atom is -0.344 e. The number of hydrogen-bond donors (Lipinski definition) is 1. The topological polar surface area (TPSA) is 105 Å². The largest absolute Gasteiger partial charge is 0.344 e. The third-order valence-corrected chi connectivity index (χ3v) is 8.07. The van der Waals surface area contributed by atoms with Crippen molar-refractivity contribution in [2.45, 2.75) is 56.4 Å². The third-order valence-electron chi connectivity index (χ3n) is 5.91. The van der Waals surface area contributed by atoms with Gasteiger partial charge in [0.25, 0.3) is 0 Å². The van der Waals surface area contributed by atoms with Gasteiger partial charge in [-0.2, -0.15) is 9.29 Å². The number of rotatable bonds is 7. The summed E-state index contributed by atoms with van der Waals surface area (Å²) in [5, 5.41) is 7.59. The minimum absolute atomic E-state index is 0.0850. The molecule has 31 heavy (non-hydrogen) atoms. The number of piperidine rings is 1. The molecule has 2 fully saturated rings. The first kappa shape index (κ1) is 22.2. The van der Waals surface area contributed by atoms with Crippen molar-refractivity contribution in [1.29, 1.82) is 0 Å². The van der Waals surface area contributed by atoms with Crippen LogP contribution in [-0.2, 0) is 14.8 Å². The van der Waals surface area contributed by atoms with Crippen LogP contribution in [0.4, 0.5) is 0 Å². The lowest BCUT2D eigenvalue weighted by Gasteiger charge is -2.31. The Bertz CT molecular complexity index is 1030. The fourth-order valence-electron chi connectivity index (χ4n) is 3.78. The Hall–Kier alpha value is -1.97. The van der Waals surface area contributed by atoms with Gasteiger partial charge in [0.05, 0.1) is 4.90 Å². The number of nitrogens with zero attached hydrogens (tertiary/aromatic N) is 3. The lowest BCUT2D eigenvalue weighted by atomic mass is 9.95. The molecule has 1 aliphatic heterocycles. The third kappa shape index (κ3) is 4.94. The lowest BCUT2D eigenvalue weighted by molar-refractivity contribution is -0.127. The van der Waals surface area contributed by atoms with Gasteiger partial charge in [0.2, 0.25) is 21.8 Å². The molecular formula is C21H27ClN4O4S. The molecule has 10 heteroatoms. The molecule has 1 unspecified atom stereocenters. The fourth-order valence-corrected chi connectivity index (χ4v) is 5.38. The molecule has 1 amide bonds. The van der Waals surface area contributed by atoms with Crippen molar-refractivity contribution in [3.8, 4) is 0 Å². The summed E-state index contributed by atoms with van der Waals surface area (Å²) in [6, 6.07) is 5.77. The van der Waals surface area contributed by atoms with Crippen LogP contribution in [0, 0.1) is 11.8 Å². The zero-order valence-electron chi connectivity index (χ0n) is 17.6. The quantitative estimate of drug-likeness (QED) is 0.669. The monoisotopic (exact) mass is 466 g/mol. The molecule has 1 atom stereocenters. The highest BCUT2D eigenvalue weighted by Crippen LogP contribution is 2.38. The Morgan fingerprint density at radius 2 is 1.81 bits per heavy atom. The molecule has 168 valence electrons. The van der Waals surface area contributed by atoms with E-state index in [4.69, 9.17) is 16.1 Å². The van der Waals surface area contributed by atoms with Crippen molar-refractivity contribution in [2.75, 3.05) is 13.1 Å². The van der Waals surface area contributed by atoms with Gasteiger partial charge in [0, 0.05) is 29.9 Å². The maximum atomic E-state index is 12.9. The number of benzene rings is 1. The van der Waals surface area contributed by atoms with Crippen LogP contribution in [0.1, 0.15) is 63.2 Å². The molecular weight excluding hydrogens is 440 g/mol. The first-order chi connectivity index (χ1) is 14.8. The van der Waals surface area contributed by atoms with E-state index in [-0.39, 0.29) is 28.7 Å². The van der Waals surface area contributed by atoms with E-state index in [1.165, 1.54) is 16.4 Å². The summed E-state index contributed by atoms with van der Waals surface area (Å²) >= 11 is 5.86. The number of nitrogens with one attached hydrogen (secondary N) is 1. The molecule has 0 bridgehead atoms. The number of carbonyl (C=O) groups excluding carboxylic acids is 1. The fraction of sp³-hybridized carbons (Fsp3) is 0.571. The lowest BCUT2D eigenvalue weighted by Crippen LogP contribution is -2.44. The van der Waals surface area contributed by atoms with Crippen molar-refractivity contribution in [3.63, 3.8) is 0 Å². The molecule has 2 heterocycles. The van der Waals surface area contributed by atoms with Gasteiger partial charge in [-0.15, -0.1) is 0 Å². The predicted molar refractivity (Wildman–Crippen MR) is 115 cm³/mol. The first-order valence-corrected chi connectivity index (χ1v) is 12.5. The van der Waals surface area contributed by atoms with Crippen LogP contribution in [0.15, 0.2) is 33.7 Å². The van der Waals surface area contributed by atoms with Gasteiger partial charge < -0.3 is 9.84 Å². The number of amides is 1. The average Bonchev–Trinajstić information content (AvgIpc) is 3.49. The standard InChI is InChI=1S/C21H27ClN4O4S/c1-13(2)18(21-24-19(25-30-21)14-3-4-14)23-20(27)15-9-11-26(12-10-15)31(28,29)17-7-5-16(22)6-8-17/h5-8,13-15,18H,3-4,9-12H2,1-2H3,(H,23,27). The van der Waals surface area contributed by atoms with Crippen LogP contribution in [0.2, 0.25) is 5.02 Å². The number of aromatic nitrogens is 2. The van der Waals surface area contributed by atoms with Crippen molar-refractivity contribution in [1.82, 2.24) is 19.8 Å². The smallest absolute Gasteiger partial charge is 0.249 e. The molecule has 0 spiro atoms. The van der Waals surface area contributed by atoms with Crippen LogP contribution in [0.3, 0.4) is 0 Å². The van der Waals surface area contributed by atoms with E-state index < -0.39 is 10.0 Å². The second-order valence-corrected chi connectivity index (χ2v) is 11.0. The SMILES string of the molecule is CC(C)C(NC(=O)C1CCN(S(=O)(=O)c2ccc(Cl)cc2)CC1)c1nc(C2CC2)no1. The second kappa shape index (κ2) is 8.88. The van der Waals surface area contributed by atoms with Gasteiger partial charge in [-0.1, -0.05) is 30.6 Å². The Kier molecular flexibility index (Phi) is 6.37. The summed E-state index contributed by atoms with van der Waals surface area (Å²) in [4.78, 5) is 17.6. The van der Waals surface area contributed by atoms with Crippen molar-refractivity contribution < 1.29 is 17.7 Å². The molecule has 2 aromatic rings. The van der Waals surface area contributed by atoms with Crippen LogP contribution >= 0.6 is 11.6 Å². The maximum Gasteiger partial charge on any atom is 0.249 e. The summed E-state index contributed by atoms with van der Waals surface area (Å²) in [7, 11) is -3.60. The molecule has 2 aliphatic rings. The van der Waals surface area contributed by atoms with Crippen molar-refractivity contribution in [2.24, 2.45) is 11.8 Å². The summed E-state index contributed by atoms with van der Waals surface area (Å²) in [5.41, 5.74) is 0. The summed E-state index contributed by atoms with van der Waals surface area (Å²) in [6.07, 6.45) is 3.08. The second-order valence-electron chi connectivity index (χ2n) is 8.63. The van der Waals surface area contributed by atoms with Gasteiger partial charge in [-0.3, -0.25) is 4.79 Å². The van der Waals surface area contributed by atoms with Crippen molar-refractivity contribution in [3.05, 3.63) is 41.0 Å². The Morgan fingerprint density at radius 1 is 1.16 bits per heavy atom. The van der Waals surface area contributed by atoms with Gasteiger partial charge in [-0.05, 0) is 55.9 Å². The zero-order valence-corrected chi connectivity index (χ0v) is 19.2. The van der Waals surface area contributed by atoms with Crippen LogP contribution in [-0.4, -0.2) is 41.9 Å². The Labute approximate surface area is 187 Å². The highest BCUT2D eigenvalue weighted by molar-refractivity contribution is 7.89. The Morgan fingerprint density at radius 3 is 2.39 bits per heavy atom. The average molecular weight is 467 g/mol. The molecule has 0 radical (unpaired) electrons. The van der Waals surface area contributed by atoms with Gasteiger partial charge in [0.1, 0.15) is 6.04 Å². The number of hydrogen-bond acceptors (Lipinski definition) is 6. The zero-order chi connectivity index (χ0) is 22.2. The molecule has 4 rings (SSSR count).